The van der Waals surface area contributed by atoms with Gasteiger partial charge in [0.25, 0.3) is 0 Å². The Morgan fingerprint density at radius 1 is 1.08 bits per heavy atom. The number of benzene rings is 2. The lowest BCUT2D eigenvalue weighted by Crippen LogP contribution is -2.06. The van der Waals surface area contributed by atoms with E-state index >= 15 is 0 Å². The first-order valence-electron chi connectivity index (χ1n) is 8.13. The van der Waals surface area contributed by atoms with E-state index in [9.17, 15) is 0 Å². The summed E-state index contributed by atoms with van der Waals surface area (Å²) in [6.45, 7) is 4.02. The molecule has 2 rings (SSSR count). The molecule has 0 aliphatic heterocycles. The Morgan fingerprint density at radius 3 is 2.62 bits per heavy atom. The maximum atomic E-state index is 6.40. The van der Waals surface area contributed by atoms with Crippen LogP contribution in [0.3, 0.4) is 0 Å². The molecule has 0 radical (unpaired) electrons. The Hall–Kier alpha value is -2.40. The predicted octanol–water partition coefficient (Wildman–Crippen LogP) is 3.79. The van der Waals surface area contributed by atoms with E-state index in [2.05, 4.69) is 12.2 Å². The van der Waals surface area contributed by atoms with Crippen molar-refractivity contribution in [2.45, 2.75) is 13.3 Å². The van der Waals surface area contributed by atoms with Gasteiger partial charge in [0.05, 0.1) is 19.4 Å². The van der Waals surface area contributed by atoms with Crippen molar-refractivity contribution in [3.05, 3.63) is 36.4 Å². The molecule has 0 bridgehead atoms. The van der Waals surface area contributed by atoms with Crippen LogP contribution in [-0.2, 0) is 4.74 Å². The first kappa shape index (κ1) is 17.9. The minimum atomic E-state index is 0.515. The highest BCUT2D eigenvalue weighted by Crippen LogP contribution is 2.39. The molecule has 0 saturated carbocycles. The van der Waals surface area contributed by atoms with Gasteiger partial charge in [-0.1, -0.05) is 19.1 Å². The number of rotatable bonds is 9. The SMILES string of the molecule is CCCNc1c(OC)ccc(-c2cccc(OCCOC)c2)c1N. The lowest BCUT2D eigenvalue weighted by molar-refractivity contribution is 0.146. The number of nitrogens with one attached hydrogen (secondary N) is 1. The molecule has 5 nitrogen and oxygen atoms in total. The van der Waals surface area contributed by atoms with Crippen LogP contribution in [0.2, 0.25) is 0 Å². The van der Waals surface area contributed by atoms with Crippen LogP contribution in [0.5, 0.6) is 11.5 Å². The molecule has 130 valence electrons. The van der Waals surface area contributed by atoms with Crippen LogP contribution in [0.25, 0.3) is 11.1 Å². The van der Waals surface area contributed by atoms with Gasteiger partial charge in [0.2, 0.25) is 0 Å². The average Bonchev–Trinajstić information content (AvgIpc) is 2.61. The maximum Gasteiger partial charge on any atom is 0.144 e. The molecule has 0 amide bonds. The number of hydrogen-bond acceptors (Lipinski definition) is 5. The first-order valence-corrected chi connectivity index (χ1v) is 8.13. The molecule has 0 aliphatic carbocycles. The van der Waals surface area contributed by atoms with Gasteiger partial charge < -0.3 is 25.3 Å². The molecule has 0 fully saturated rings. The molecule has 2 aromatic rings. The molecule has 0 heterocycles. The second-order valence-corrected chi connectivity index (χ2v) is 5.40. The van der Waals surface area contributed by atoms with Crippen LogP contribution in [0, 0.1) is 0 Å². The molecule has 3 N–H and O–H groups in total. The zero-order chi connectivity index (χ0) is 17.4. The fraction of sp³-hybridized carbons (Fsp3) is 0.368. The number of methoxy groups -OCH3 is 2. The fourth-order valence-corrected chi connectivity index (χ4v) is 2.45. The Balaban J connectivity index is 2.32. The molecule has 2 aromatic carbocycles. The Labute approximate surface area is 143 Å². The second kappa shape index (κ2) is 9.03. The van der Waals surface area contributed by atoms with Gasteiger partial charge in [0.15, 0.2) is 0 Å². The van der Waals surface area contributed by atoms with E-state index in [1.54, 1.807) is 14.2 Å². The normalized spacial score (nSPS) is 10.5. The van der Waals surface area contributed by atoms with Gasteiger partial charge in [-0.05, 0) is 36.2 Å². The molecule has 0 aromatic heterocycles. The van der Waals surface area contributed by atoms with Crippen molar-refractivity contribution in [3.63, 3.8) is 0 Å². The van der Waals surface area contributed by atoms with Crippen molar-refractivity contribution in [2.75, 3.05) is 45.0 Å². The van der Waals surface area contributed by atoms with E-state index in [1.807, 2.05) is 36.4 Å². The van der Waals surface area contributed by atoms with E-state index in [4.69, 9.17) is 19.9 Å². The summed E-state index contributed by atoms with van der Waals surface area (Å²) >= 11 is 0. The number of hydrogen-bond donors (Lipinski definition) is 2. The van der Waals surface area contributed by atoms with Crippen LogP contribution < -0.4 is 20.5 Å². The summed E-state index contributed by atoms with van der Waals surface area (Å²) in [4.78, 5) is 0. The van der Waals surface area contributed by atoms with Gasteiger partial charge in [-0.15, -0.1) is 0 Å². The quantitative estimate of drug-likeness (QED) is 0.541. The fourth-order valence-electron chi connectivity index (χ4n) is 2.45. The molecule has 0 atom stereocenters. The van der Waals surface area contributed by atoms with E-state index in [0.29, 0.717) is 18.9 Å². The van der Waals surface area contributed by atoms with Crippen LogP contribution >= 0.6 is 0 Å². The third-order valence-corrected chi connectivity index (χ3v) is 3.68. The van der Waals surface area contributed by atoms with Crippen molar-refractivity contribution in [3.8, 4) is 22.6 Å². The molecular formula is C19H26N2O3. The van der Waals surface area contributed by atoms with Gasteiger partial charge >= 0.3 is 0 Å². The van der Waals surface area contributed by atoms with Gasteiger partial charge in [-0.2, -0.15) is 0 Å². The lowest BCUT2D eigenvalue weighted by atomic mass is 10.0. The minimum Gasteiger partial charge on any atom is -0.495 e. The highest BCUT2D eigenvalue weighted by Gasteiger charge is 2.13. The summed E-state index contributed by atoms with van der Waals surface area (Å²) in [5.74, 6) is 1.54. The monoisotopic (exact) mass is 330 g/mol. The summed E-state index contributed by atoms with van der Waals surface area (Å²) in [6, 6.07) is 11.8. The van der Waals surface area contributed by atoms with Gasteiger partial charge in [0.1, 0.15) is 23.8 Å². The van der Waals surface area contributed by atoms with Gasteiger partial charge in [0, 0.05) is 19.2 Å². The lowest BCUT2D eigenvalue weighted by Gasteiger charge is -2.17. The summed E-state index contributed by atoms with van der Waals surface area (Å²) in [7, 11) is 3.30. The van der Waals surface area contributed by atoms with Crippen LogP contribution in [-0.4, -0.2) is 34.0 Å². The Morgan fingerprint density at radius 2 is 1.92 bits per heavy atom. The molecule has 24 heavy (non-hydrogen) atoms. The zero-order valence-corrected chi connectivity index (χ0v) is 14.6. The molecule has 0 unspecified atom stereocenters. The van der Waals surface area contributed by atoms with Crippen molar-refractivity contribution in [1.29, 1.82) is 0 Å². The largest absolute Gasteiger partial charge is 0.495 e. The predicted molar refractivity (Wildman–Crippen MR) is 99.0 cm³/mol. The number of anilines is 2. The number of nitrogens with two attached hydrogens (primary N) is 1. The highest BCUT2D eigenvalue weighted by atomic mass is 16.5. The number of nitrogen functional groups attached to an aromatic ring is 1. The minimum absolute atomic E-state index is 0.515. The van der Waals surface area contributed by atoms with Crippen molar-refractivity contribution < 1.29 is 14.2 Å². The molecule has 0 aliphatic rings. The smallest absolute Gasteiger partial charge is 0.144 e. The van der Waals surface area contributed by atoms with E-state index < -0.39 is 0 Å². The third-order valence-electron chi connectivity index (χ3n) is 3.68. The first-order chi connectivity index (χ1) is 11.7. The highest BCUT2D eigenvalue weighted by molar-refractivity contribution is 5.89. The molecule has 0 saturated heterocycles. The topological polar surface area (TPSA) is 65.7 Å². The van der Waals surface area contributed by atoms with Crippen molar-refractivity contribution >= 4 is 11.4 Å². The van der Waals surface area contributed by atoms with Crippen LogP contribution in [0.15, 0.2) is 36.4 Å². The second-order valence-electron chi connectivity index (χ2n) is 5.40. The maximum absolute atomic E-state index is 6.40. The van der Waals surface area contributed by atoms with Crippen LogP contribution in [0.4, 0.5) is 11.4 Å². The summed E-state index contributed by atoms with van der Waals surface area (Å²) in [5.41, 5.74) is 9.87. The van der Waals surface area contributed by atoms with Crippen LogP contribution in [0.1, 0.15) is 13.3 Å². The summed E-state index contributed by atoms with van der Waals surface area (Å²) < 4.78 is 16.1. The van der Waals surface area contributed by atoms with Gasteiger partial charge in [-0.3, -0.25) is 0 Å². The standard InChI is InChI=1S/C19H26N2O3/c1-4-10-21-19-17(23-3)9-8-16(18(19)20)14-6-5-7-15(13-14)24-12-11-22-2/h5-9,13,21H,4,10-12,20H2,1-3H3. The molecule has 5 heteroatoms. The van der Waals surface area contributed by atoms with Gasteiger partial charge in [-0.25, -0.2) is 0 Å². The van der Waals surface area contributed by atoms with E-state index in [1.165, 1.54) is 0 Å². The van der Waals surface area contributed by atoms with Crippen molar-refractivity contribution in [2.24, 2.45) is 0 Å². The van der Waals surface area contributed by atoms with E-state index in [0.717, 1.165) is 41.3 Å². The Bertz CT molecular complexity index is 659. The molecular weight excluding hydrogens is 304 g/mol. The molecule has 0 spiro atoms. The van der Waals surface area contributed by atoms with E-state index in [-0.39, 0.29) is 0 Å². The number of ether oxygens (including phenoxy) is 3. The van der Waals surface area contributed by atoms with Crippen molar-refractivity contribution in [1.82, 2.24) is 0 Å². The zero-order valence-electron chi connectivity index (χ0n) is 14.6. The Kier molecular flexibility index (Phi) is 6.75. The summed E-state index contributed by atoms with van der Waals surface area (Å²) in [5, 5.41) is 3.35. The third kappa shape index (κ3) is 4.32. The summed E-state index contributed by atoms with van der Waals surface area (Å²) in [6.07, 6.45) is 1.01. The average molecular weight is 330 g/mol.